The van der Waals surface area contributed by atoms with Crippen molar-refractivity contribution in [1.29, 1.82) is 0 Å². The second kappa shape index (κ2) is 11.0. The minimum absolute atomic E-state index is 0.0151. The fraction of sp³-hybridized carbons (Fsp3) is 0.286. The van der Waals surface area contributed by atoms with E-state index in [1.165, 1.54) is 0 Å². The van der Waals surface area contributed by atoms with Crippen molar-refractivity contribution in [2.75, 3.05) is 26.2 Å². The number of nitrogens with zero attached hydrogens (tertiary/aromatic N) is 2. The lowest BCUT2D eigenvalue weighted by Crippen LogP contribution is -2.29. The molecule has 176 valence electrons. The minimum atomic E-state index is -0.128. The number of nitrogens with one attached hydrogen (secondary N) is 1. The number of pyridine rings is 1. The van der Waals surface area contributed by atoms with Crippen LogP contribution in [0, 0.1) is 0 Å². The normalized spacial score (nSPS) is 11.3. The van der Waals surface area contributed by atoms with Gasteiger partial charge in [0, 0.05) is 29.4 Å². The van der Waals surface area contributed by atoms with Gasteiger partial charge in [0.25, 0.3) is 0 Å². The van der Waals surface area contributed by atoms with Crippen molar-refractivity contribution < 1.29 is 9.53 Å². The van der Waals surface area contributed by atoms with Gasteiger partial charge in [-0.3, -0.25) is 9.59 Å². The lowest BCUT2D eigenvalue weighted by molar-refractivity contribution is -0.121. The molecular formula is C28H31N3O3. The Hall–Kier alpha value is -3.64. The van der Waals surface area contributed by atoms with Crippen molar-refractivity contribution >= 4 is 27.7 Å². The van der Waals surface area contributed by atoms with Crippen molar-refractivity contribution in [2.24, 2.45) is 0 Å². The topological polar surface area (TPSA) is 63.6 Å². The molecule has 0 spiro atoms. The summed E-state index contributed by atoms with van der Waals surface area (Å²) in [6.45, 7) is 8.21. The first-order valence-corrected chi connectivity index (χ1v) is 11.8. The number of aromatic nitrogens is 1. The van der Waals surface area contributed by atoms with Crippen LogP contribution in [0.2, 0.25) is 0 Å². The predicted molar refractivity (Wildman–Crippen MR) is 137 cm³/mol. The second-order valence-corrected chi connectivity index (χ2v) is 8.21. The van der Waals surface area contributed by atoms with Gasteiger partial charge in [0.05, 0.1) is 11.0 Å². The summed E-state index contributed by atoms with van der Waals surface area (Å²) in [7, 11) is 0. The highest BCUT2D eigenvalue weighted by atomic mass is 16.5. The van der Waals surface area contributed by atoms with Crippen LogP contribution >= 0.6 is 0 Å². The third-order valence-electron chi connectivity index (χ3n) is 6.19. The number of fused-ring (bicyclic) bond motifs is 2. The molecule has 6 nitrogen and oxygen atoms in total. The molecule has 0 saturated carbocycles. The Balaban J connectivity index is 1.50. The molecule has 0 aliphatic carbocycles. The molecule has 0 saturated heterocycles. The van der Waals surface area contributed by atoms with Crippen LogP contribution in [-0.4, -0.2) is 41.6 Å². The number of carbonyl (C=O) groups is 1. The Bertz CT molecular complexity index is 1280. The fourth-order valence-corrected chi connectivity index (χ4v) is 4.26. The molecule has 0 atom stereocenters. The van der Waals surface area contributed by atoms with Gasteiger partial charge in [-0.25, -0.2) is 0 Å². The van der Waals surface area contributed by atoms with Crippen LogP contribution in [-0.2, 0) is 17.9 Å². The smallest absolute Gasteiger partial charge is 0.240 e. The zero-order chi connectivity index (χ0) is 23.9. The first-order chi connectivity index (χ1) is 16.6. The molecule has 3 aromatic carbocycles. The average molecular weight is 458 g/mol. The van der Waals surface area contributed by atoms with E-state index in [0.717, 1.165) is 42.0 Å². The number of ether oxygens (including phenoxy) is 1. The van der Waals surface area contributed by atoms with Gasteiger partial charge < -0.3 is 19.5 Å². The summed E-state index contributed by atoms with van der Waals surface area (Å²) in [4.78, 5) is 28.2. The largest absolute Gasteiger partial charge is 0.492 e. The Morgan fingerprint density at radius 3 is 2.12 bits per heavy atom. The molecule has 1 aromatic heterocycles. The Morgan fingerprint density at radius 1 is 0.882 bits per heavy atom. The van der Waals surface area contributed by atoms with E-state index >= 15 is 0 Å². The Kier molecular flexibility index (Phi) is 7.60. The maximum absolute atomic E-state index is 13.0. The van der Waals surface area contributed by atoms with Crippen LogP contribution in [0.1, 0.15) is 19.4 Å². The highest BCUT2D eigenvalue weighted by Crippen LogP contribution is 2.20. The summed E-state index contributed by atoms with van der Waals surface area (Å²) < 4.78 is 7.93. The van der Waals surface area contributed by atoms with Crippen LogP contribution in [0.25, 0.3) is 21.8 Å². The van der Waals surface area contributed by atoms with Gasteiger partial charge in [0.1, 0.15) is 18.9 Å². The number of hydrogen-bond donors (Lipinski definition) is 1. The van der Waals surface area contributed by atoms with E-state index in [1.807, 2.05) is 77.4 Å². The Morgan fingerprint density at radius 2 is 1.47 bits per heavy atom. The standard InChI is InChI=1S/C28H31N3O3/c1-3-30(4-2)17-18-34-26-16-10-5-11-21(26)19-29-27(32)20-31-24-14-8-6-12-22(24)28(33)23-13-7-9-15-25(23)31/h5-16H,3-4,17-20H2,1-2H3,(H,29,32). The zero-order valence-corrected chi connectivity index (χ0v) is 19.8. The number of amides is 1. The van der Waals surface area contributed by atoms with Gasteiger partial charge in [-0.2, -0.15) is 0 Å². The van der Waals surface area contributed by atoms with Gasteiger partial charge >= 0.3 is 0 Å². The molecule has 0 fully saturated rings. The van der Waals surface area contributed by atoms with E-state index in [-0.39, 0.29) is 17.9 Å². The van der Waals surface area contributed by atoms with E-state index in [2.05, 4.69) is 24.1 Å². The number of hydrogen-bond acceptors (Lipinski definition) is 4. The average Bonchev–Trinajstić information content (AvgIpc) is 2.88. The summed E-state index contributed by atoms with van der Waals surface area (Å²) in [5.41, 5.74) is 2.42. The number of rotatable bonds is 10. The summed E-state index contributed by atoms with van der Waals surface area (Å²) >= 11 is 0. The minimum Gasteiger partial charge on any atom is -0.492 e. The van der Waals surface area contributed by atoms with Crippen molar-refractivity contribution in [3.63, 3.8) is 0 Å². The molecule has 0 radical (unpaired) electrons. The molecule has 0 bridgehead atoms. The van der Waals surface area contributed by atoms with Crippen molar-refractivity contribution in [1.82, 2.24) is 14.8 Å². The molecule has 1 amide bonds. The second-order valence-electron chi connectivity index (χ2n) is 8.21. The van der Waals surface area contributed by atoms with E-state index in [0.29, 0.717) is 23.9 Å². The first-order valence-electron chi connectivity index (χ1n) is 11.8. The maximum Gasteiger partial charge on any atom is 0.240 e. The number of para-hydroxylation sites is 3. The van der Waals surface area contributed by atoms with Gasteiger partial charge in [-0.1, -0.05) is 56.3 Å². The summed E-state index contributed by atoms with van der Waals surface area (Å²) in [5, 5.41) is 4.25. The molecule has 0 aliphatic heterocycles. The van der Waals surface area contributed by atoms with Crippen molar-refractivity contribution in [3.8, 4) is 5.75 Å². The summed E-state index contributed by atoms with van der Waals surface area (Å²) in [6.07, 6.45) is 0. The van der Waals surface area contributed by atoms with E-state index < -0.39 is 0 Å². The molecular weight excluding hydrogens is 426 g/mol. The van der Waals surface area contributed by atoms with Crippen LogP contribution in [0.4, 0.5) is 0 Å². The molecule has 0 aliphatic rings. The maximum atomic E-state index is 13.0. The highest BCUT2D eigenvalue weighted by Gasteiger charge is 2.13. The van der Waals surface area contributed by atoms with Crippen LogP contribution in [0.3, 0.4) is 0 Å². The van der Waals surface area contributed by atoms with E-state index in [1.54, 1.807) is 0 Å². The Labute approximate surface area is 199 Å². The van der Waals surface area contributed by atoms with Gasteiger partial charge in [-0.15, -0.1) is 0 Å². The first kappa shape index (κ1) is 23.5. The zero-order valence-electron chi connectivity index (χ0n) is 19.8. The third kappa shape index (κ3) is 5.13. The van der Waals surface area contributed by atoms with Crippen LogP contribution in [0.5, 0.6) is 5.75 Å². The predicted octanol–water partition coefficient (Wildman–Crippen LogP) is 4.19. The number of benzene rings is 3. The molecule has 1 N–H and O–H groups in total. The molecule has 1 heterocycles. The summed E-state index contributed by atoms with van der Waals surface area (Å²) in [6, 6.07) is 22.6. The fourth-order valence-electron chi connectivity index (χ4n) is 4.26. The van der Waals surface area contributed by atoms with Gasteiger partial charge in [0.2, 0.25) is 5.91 Å². The lowest BCUT2D eigenvalue weighted by atomic mass is 10.1. The van der Waals surface area contributed by atoms with Crippen molar-refractivity contribution in [2.45, 2.75) is 26.9 Å². The molecule has 4 aromatic rings. The quantitative estimate of drug-likeness (QED) is 0.363. The van der Waals surface area contributed by atoms with Crippen molar-refractivity contribution in [3.05, 3.63) is 88.6 Å². The van der Waals surface area contributed by atoms with Crippen LogP contribution in [0.15, 0.2) is 77.6 Å². The molecule has 0 unspecified atom stereocenters. The van der Waals surface area contributed by atoms with E-state index in [9.17, 15) is 9.59 Å². The SMILES string of the molecule is CCN(CC)CCOc1ccccc1CNC(=O)Cn1c2ccccc2c(=O)c2ccccc21. The molecule has 4 rings (SSSR count). The molecule has 34 heavy (non-hydrogen) atoms. The lowest BCUT2D eigenvalue weighted by Gasteiger charge is -2.19. The number of carbonyl (C=O) groups excluding carboxylic acids is 1. The monoisotopic (exact) mass is 457 g/mol. The molecule has 6 heteroatoms. The van der Waals surface area contributed by atoms with Crippen LogP contribution < -0.4 is 15.5 Å². The van der Waals surface area contributed by atoms with Gasteiger partial charge in [0.15, 0.2) is 5.43 Å². The number of likely N-dealkylation sites (N-methyl/N-ethyl adjacent to an activating group) is 1. The summed E-state index contributed by atoms with van der Waals surface area (Å²) in [5.74, 6) is 0.658. The highest BCUT2D eigenvalue weighted by molar-refractivity contribution is 5.94. The third-order valence-corrected chi connectivity index (χ3v) is 6.19. The van der Waals surface area contributed by atoms with E-state index in [4.69, 9.17) is 4.74 Å². The van der Waals surface area contributed by atoms with Gasteiger partial charge in [-0.05, 0) is 43.4 Å².